The predicted octanol–water partition coefficient (Wildman–Crippen LogP) is 3.02. The molecule has 0 unspecified atom stereocenters. The molecule has 10 nitrogen and oxygen atoms in total. The van der Waals surface area contributed by atoms with Crippen LogP contribution < -0.4 is 10.2 Å². The van der Waals surface area contributed by atoms with Crippen molar-refractivity contribution >= 4 is 29.1 Å². The zero-order chi connectivity index (χ0) is 21.0. The van der Waals surface area contributed by atoms with Crippen molar-refractivity contribution in [2.24, 2.45) is 0 Å². The topological polar surface area (TPSA) is 114 Å². The van der Waals surface area contributed by atoms with Crippen LogP contribution in [0, 0.1) is 24.0 Å². The van der Waals surface area contributed by atoms with Crippen molar-refractivity contribution in [2.45, 2.75) is 20.8 Å². The standard InChI is InChI=1S/C19H24N6O4/c1-4-29-19(26)24-7-5-23(6-8-24)18-16(25(27)28)17(20-12-21-18)22-15-10-13(2)9-14(3)11-15/h9-12H,4-8H2,1-3H3,(H,20,21,22). The maximum Gasteiger partial charge on any atom is 0.409 e. The summed E-state index contributed by atoms with van der Waals surface area (Å²) in [4.78, 5) is 34.9. The normalized spacial score (nSPS) is 13.9. The number of piperazine rings is 1. The molecule has 1 aromatic carbocycles. The summed E-state index contributed by atoms with van der Waals surface area (Å²) < 4.78 is 5.01. The van der Waals surface area contributed by atoms with Gasteiger partial charge in [-0.2, -0.15) is 0 Å². The highest BCUT2D eigenvalue weighted by Gasteiger charge is 2.30. The summed E-state index contributed by atoms with van der Waals surface area (Å²) in [5.74, 6) is 0.373. The van der Waals surface area contributed by atoms with E-state index in [9.17, 15) is 14.9 Å². The lowest BCUT2D eigenvalue weighted by molar-refractivity contribution is -0.383. The molecule has 1 N–H and O–H groups in total. The molecular weight excluding hydrogens is 376 g/mol. The molecule has 1 saturated heterocycles. The van der Waals surface area contributed by atoms with Gasteiger partial charge in [-0.1, -0.05) is 6.07 Å². The number of nitro groups is 1. The monoisotopic (exact) mass is 400 g/mol. The quantitative estimate of drug-likeness (QED) is 0.602. The number of ether oxygens (including phenoxy) is 1. The van der Waals surface area contributed by atoms with Gasteiger partial charge in [0.2, 0.25) is 11.6 Å². The van der Waals surface area contributed by atoms with Crippen LogP contribution in [0.5, 0.6) is 0 Å². The van der Waals surface area contributed by atoms with E-state index in [0.717, 1.165) is 16.8 Å². The highest BCUT2D eigenvalue weighted by atomic mass is 16.6. The number of hydrogen-bond acceptors (Lipinski definition) is 8. The Labute approximate surface area is 168 Å². The number of carbonyl (C=O) groups excluding carboxylic acids is 1. The Morgan fingerprint density at radius 3 is 2.41 bits per heavy atom. The van der Waals surface area contributed by atoms with Crippen LogP contribution in [0.1, 0.15) is 18.1 Å². The van der Waals surface area contributed by atoms with Crippen molar-refractivity contribution in [2.75, 3.05) is 43.0 Å². The van der Waals surface area contributed by atoms with Crippen LogP contribution in [0.15, 0.2) is 24.5 Å². The predicted molar refractivity (Wildman–Crippen MR) is 109 cm³/mol. The van der Waals surface area contributed by atoms with Gasteiger partial charge in [0.05, 0.1) is 11.5 Å². The number of anilines is 3. The van der Waals surface area contributed by atoms with Crippen molar-refractivity contribution in [1.29, 1.82) is 0 Å². The van der Waals surface area contributed by atoms with Crippen LogP contribution >= 0.6 is 0 Å². The summed E-state index contributed by atoms with van der Waals surface area (Å²) in [6.07, 6.45) is 0.937. The molecule has 1 aliphatic rings. The van der Waals surface area contributed by atoms with E-state index < -0.39 is 4.92 Å². The largest absolute Gasteiger partial charge is 0.450 e. The Hall–Kier alpha value is -3.43. The van der Waals surface area contributed by atoms with E-state index >= 15 is 0 Å². The average molecular weight is 400 g/mol. The van der Waals surface area contributed by atoms with Gasteiger partial charge in [0, 0.05) is 31.9 Å². The minimum absolute atomic E-state index is 0.137. The number of benzene rings is 1. The van der Waals surface area contributed by atoms with E-state index in [0.29, 0.717) is 32.8 Å². The summed E-state index contributed by atoms with van der Waals surface area (Å²) in [6, 6.07) is 5.82. The van der Waals surface area contributed by atoms with Crippen LogP contribution in [0.2, 0.25) is 0 Å². The molecule has 154 valence electrons. The molecule has 29 heavy (non-hydrogen) atoms. The zero-order valence-corrected chi connectivity index (χ0v) is 16.7. The first kappa shape index (κ1) is 20.3. The molecule has 3 rings (SSSR count). The Bertz CT molecular complexity index is 891. The molecule has 1 fully saturated rings. The second-order valence-electron chi connectivity index (χ2n) is 6.83. The second kappa shape index (κ2) is 8.72. The van der Waals surface area contributed by atoms with Gasteiger partial charge in [-0.3, -0.25) is 10.1 Å². The van der Waals surface area contributed by atoms with Crippen molar-refractivity contribution in [1.82, 2.24) is 14.9 Å². The molecule has 2 heterocycles. The SMILES string of the molecule is CCOC(=O)N1CCN(c2ncnc(Nc3cc(C)cc(C)c3)c2[N+](=O)[O-])CC1. The maximum atomic E-state index is 11.9. The number of aryl methyl sites for hydroxylation is 2. The smallest absolute Gasteiger partial charge is 0.409 e. The van der Waals surface area contributed by atoms with Crippen LogP contribution in [-0.2, 0) is 4.74 Å². The van der Waals surface area contributed by atoms with Crippen LogP contribution in [0.4, 0.5) is 27.8 Å². The molecule has 0 aliphatic carbocycles. The summed E-state index contributed by atoms with van der Waals surface area (Å²) >= 11 is 0. The fourth-order valence-electron chi connectivity index (χ4n) is 3.36. The molecule has 1 aliphatic heterocycles. The third-order valence-corrected chi connectivity index (χ3v) is 4.58. The molecule has 2 aromatic rings. The van der Waals surface area contributed by atoms with E-state index in [4.69, 9.17) is 4.74 Å². The van der Waals surface area contributed by atoms with Crippen LogP contribution in [-0.4, -0.2) is 58.7 Å². The number of hydrogen-bond donors (Lipinski definition) is 1. The van der Waals surface area contributed by atoms with Crippen molar-refractivity contribution in [3.05, 3.63) is 45.8 Å². The Morgan fingerprint density at radius 1 is 1.17 bits per heavy atom. The molecule has 0 spiro atoms. The van der Waals surface area contributed by atoms with E-state index in [1.807, 2.05) is 32.0 Å². The molecule has 0 atom stereocenters. The molecule has 1 aromatic heterocycles. The highest BCUT2D eigenvalue weighted by molar-refractivity contribution is 5.75. The summed E-state index contributed by atoms with van der Waals surface area (Å²) in [6.45, 7) is 7.62. The van der Waals surface area contributed by atoms with Crippen LogP contribution in [0.3, 0.4) is 0 Å². The number of rotatable bonds is 5. The lowest BCUT2D eigenvalue weighted by atomic mass is 10.1. The maximum absolute atomic E-state index is 11.9. The Balaban J connectivity index is 1.84. The van der Waals surface area contributed by atoms with Gasteiger partial charge < -0.3 is 19.9 Å². The molecule has 0 saturated carbocycles. The van der Waals surface area contributed by atoms with E-state index in [1.54, 1.807) is 16.7 Å². The fourth-order valence-corrected chi connectivity index (χ4v) is 3.36. The fraction of sp³-hybridized carbons (Fsp3) is 0.421. The first-order chi connectivity index (χ1) is 13.9. The average Bonchev–Trinajstić information content (AvgIpc) is 2.67. The number of nitrogens with zero attached hydrogens (tertiary/aromatic N) is 5. The minimum Gasteiger partial charge on any atom is -0.450 e. The number of carbonyl (C=O) groups is 1. The summed E-state index contributed by atoms with van der Waals surface area (Å²) in [5, 5.41) is 14.9. The van der Waals surface area contributed by atoms with Crippen molar-refractivity contribution in [3.8, 4) is 0 Å². The lowest BCUT2D eigenvalue weighted by Crippen LogP contribution is -2.49. The highest BCUT2D eigenvalue weighted by Crippen LogP contribution is 2.34. The summed E-state index contributed by atoms with van der Waals surface area (Å²) in [5.41, 5.74) is 2.62. The third kappa shape index (κ3) is 4.71. The molecule has 10 heteroatoms. The van der Waals surface area contributed by atoms with E-state index in [1.165, 1.54) is 6.33 Å². The van der Waals surface area contributed by atoms with Gasteiger partial charge in [-0.15, -0.1) is 0 Å². The van der Waals surface area contributed by atoms with E-state index in [2.05, 4.69) is 15.3 Å². The Kier molecular flexibility index (Phi) is 6.10. The first-order valence-corrected chi connectivity index (χ1v) is 9.40. The number of aromatic nitrogens is 2. The molecule has 0 bridgehead atoms. The van der Waals surface area contributed by atoms with Gasteiger partial charge >= 0.3 is 11.8 Å². The van der Waals surface area contributed by atoms with Gasteiger partial charge in [0.1, 0.15) is 6.33 Å². The van der Waals surface area contributed by atoms with E-state index in [-0.39, 0.29) is 23.4 Å². The van der Waals surface area contributed by atoms with Crippen molar-refractivity contribution in [3.63, 3.8) is 0 Å². The second-order valence-corrected chi connectivity index (χ2v) is 6.83. The summed E-state index contributed by atoms with van der Waals surface area (Å²) in [7, 11) is 0. The number of nitrogens with one attached hydrogen (secondary N) is 1. The Morgan fingerprint density at radius 2 is 1.83 bits per heavy atom. The van der Waals surface area contributed by atoms with Crippen LogP contribution in [0.25, 0.3) is 0 Å². The lowest BCUT2D eigenvalue weighted by Gasteiger charge is -2.34. The van der Waals surface area contributed by atoms with Gasteiger partial charge in [-0.25, -0.2) is 14.8 Å². The van der Waals surface area contributed by atoms with Gasteiger partial charge in [0.15, 0.2) is 0 Å². The molecular formula is C19H24N6O4. The third-order valence-electron chi connectivity index (χ3n) is 4.58. The number of amides is 1. The van der Waals surface area contributed by atoms with Gasteiger partial charge in [0.25, 0.3) is 0 Å². The molecule has 1 amide bonds. The molecule has 0 radical (unpaired) electrons. The first-order valence-electron chi connectivity index (χ1n) is 9.40. The van der Waals surface area contributed by atoms with Crippen molar-refractivity contribution < 1.29 is 14.5 Å². The zero-order valence-electron chi connectivity index (χ0n) is 16.7. The minimum atomic E-state index is -0.474. The van der Waals surface area contributed by atoms with Gasteiger partial charge in [-0.05, 0) is 44.0 Å².